The zero-order valence-electron chi connectivity index (χ0n) is 36.9. The summed E-state index contributed by atoms with van der Waals surface area (Å²) in [6.07, 6.45) is 14.0. The number of pyridine rings is 2. The summed E-state index contributed by atoms with van der Waals surface area (Å²) in [5.41, 5.74) is 11.2. The van der Waals surface area contributed by atoms with Gasteiger partial charge in [0.15, 0.2) is 34.6 Å². The predicted molar refractivity (Wildman–Crippen MR) is 273 cm³/mol. The minimum Gasteiger partial charge on any atom is -0.378 e. The Bertz CT molecular complexity index is 3030. The number of nitrogens with one attached hydrogen (secondary N) is 3. The third-order valence-corrected chi connectivity index (χ3v) is 10.9. The van der Waals surface area contributed by atoms with Crippen LogP contribution in [-0.4, -0.2) is 109 Å². The number of thioether (sulfide) groups is 1. The molecule has 0 radical (unpaired) electrons. The molecule has 0 atom stereocenters. The van der Waals surface area contributed by atoms with E-state index in [2.05, 4.69) is 56.6 Å². The highest BCUT2D eigenvalue weighted by Gasteiger charge is 2.20. The van der Waals surface area contributed by atoms with Gasteiger partial charge in [-0.25, -0.2) is 24.0 Å². The van der Waals surface area contributed by atoms with Crippen molar-refractivity contribution in [1.29, 1.82) is 5.26 Å². The Balaban J connectivity index is 0.000000190. The Morgan fingerprint density at radius 1 is 0.696 bits per heavy atom. The zero-order valence-corrected chi connectivity index (χ0v) is 37.7. The van der Waals surface area contributed by atoms with E-state index in [1.54, 1.807) is 42.6 Å². The maximum Gasteiger partial charge on any atom is 0.286 e. The van der Waals surface area contributed by atoms with Crippen molar-refractivity contribution < 1.29 is 9.47 Å². The molecule has 6 aromatic heterocycles. The third kappa shape index (κ3) is 12.6. The number of morpholine rings is 2. The molecule has 0 unspecified atom stereocenters. The summed E-state index contributed by atoms with van der Waals surface area (Å²) in [6.45, 7) is 13.1. The first kappa shape index (κ1) is 48.3. The Morgan fingerprint density at radius 3 is 1.64 bits per heavy atom. The summed E-state index contributed by atoms with van der Waals surface area (Å²) in [7, 11) is 0. The summed E-state index contributed by atoms with van der Waals surface area (Å²) in [5, 5.41) is 30.6. The molecule has 0 bridgehead atoms. The lowest BCUT2D eigenvalue weighted by molar-refractivity contribution is 0.122. The predicted octanol–water partition coefficient (Wildman–Crippen LogP) is 7.49. The highest BCUT2D eigenvalue weighted by Crippen LogP contribution is 2.28. The molecule has 8 aromatic rings. The summed E-state index contributed by atoms with van der Waals surface area (Å²) >= 11 is 1.55. The first-order chi connectivity index (χ1) is 33.5. The number of nitrogens with zero attached hydrogens (tertiary/aromatic N) is 14. The summed E-state index contributed by atoms with van der Waals surface area (Å²) in [6, 6.07) is 31.2. The van der Waals surface area contributed by atoms with Gasteiger partial charge >= 0.3 is 0 Å². The quantitative estimate of drug-likeness (QED) is 0.0289. The minimum absolute atomic E-state index is 0. The first-order valence-electron chi connectivity index (χ1n) is 21.4. The molecule has 69 heavy (non-hydrogen) atoms. The molecule has 0 aliphatic carbocycles. The number of rotatable bonds is 8. The van der Waals surface area contributed by atoms with Crippen molar-refractivity contribution in [3.05, 3.63) is 146 Å². The number of nitrogens with two attached hydrogens (primary N) is 1. The van der Waals surface area contributed by atoms with Gasteiger partial charge in [0, 0.05) is 67.8 Å². The van der Waals surface area contributed by atoms with Crippen molar-refractivity contribution in [2.75, 3.05) is 84.6 Å². The zero-order chi connectivity index (χ0) is 46.9. The monoisotopic (exact) mass is 942 g/mol. The number of hydrogen-bond donors (Lipinski definition) is 4. The Labute approximate surface area is 403 Å². The van der Waals surface area contributed by atoms with Crippen LogP contribution in [0.4, 0.5) is 34.4 Å². The largest absolute Gasteiger partial charge is 0.378 e. The molecule has 10 rings (SSSR count). The molecule has 0 spiro atoms. The Kier molecular flexibility index (Phi) is 17.0. The van der Waals surface area contributed by atoms with Crippen LogP contribution >= 0.6 is 11.8 Å². The molecule has 8 heterocycles. The van der Waals surface area contributed by atoms with Crippen molar-refractivity contribution in [2.45, 2.75) is 7.43 Å². The number of amidine groups is 1. The normalized spacial score (nSPS) is 13.7. The maximum absolute atomic E-state index is 7.10. The Morgan fingerprint density at radius 2 is 1.17 bits per heavy atom. The molecule has 0 saturated carbocycles. The summed E-state index contributed by atoms with van der Waals surface area (Å²) in [4.78, 5) is 30.3. The van der Waals surface area contributed by atoms with Gasteiger partial charge in [0.05, 0.1) is 55.9 Å². The molecule has 2 aliphatic heterocycles. The number of ether oxygens (including phenoxy) is 2. The lowest BCUT2D eigenvalue weighted by atomic mass is 10.2. The van der Waals surface area contributed by atoms with E-state index >= 15 is 0 Å². The molecule has 350 valence electrons. The Hall–Kier alpha value is -8.63. The van der Waals surface area contributed by atoms with Crippen molar-refractivity contribution in [3.8, 4) is 29.0 Å². The van der Waals surface area contributed by atoms with Gasteiger partial charge in [-0.2, -0.15) is 11.8 Å². The fourth-order valence-electron chi connectivity index (χ4n) is 7.13. The number of aliphatic imine (C=N–C) groups is 1. The minimum atomic E-state index is 0. The standard InChI is InChI=1S/C23H21N9O.C23H23N7OS.CH2N2.CH4/c1-24-29-23(27-19-4-2-10-25-16-19)26-18-8-6-17(7-9-18)21-28-22(31-12-14-33-15-13-31)20-5-3-11-32(20)30-21;1-32-23(26-19-4-2-10-24-16-19)25-18-8-6-17(7-9-18)21-27-22(29-12-14-31-15-13-29)20-5-3-11-30(20)28-21;2-1-3;/h2-11,16H,12-15H2,(H2,26,27,29);2-11,16H,12-15H2,1H3,(H,25,26);2H2;1H4. The second-order valence-corrected chi connectivity index (χ2v) is 15.5. The van der Waals surface area contributed by atoms with E-state index in [1.807, 2.05) is 119 Å². The van der Waals surface area contributed by atoms with E-state index in [4.69, 9.17) is 41.4 Å². The number of anilines is 5. The van der Waals surface area contributed by atoms with Crippen molar-refractivity contribution in [3.63, 3.8) is 0 Å². The van der Waals surface area contributed by atoms with Gasteiger partial charge in [-0.1, -0.05) is 19.2 Å². The average molecular weight is 943 g/mol. The first-order valence-corrected chi connectivity index (χ1v) is 22.6. The highest BCUT2D eigenvalue weighted by atomic mass is 32.2. The van der Waals surface area contributed by atoms with E-state index in [0.717, 1.165) is 87.9 Å². The number of benzene rings is 2. The van der Waals surface area contributed by atoms with E-state index < -0.39 is 0 Å². The number of hydrogen-bond acceptors (Lipinski definition) is 15. The number of aromatic nitrogens is 8. The second kappa shape index (κ2) is 24.2. The molecule has 2 saturated heterocycles. The lowest BCUT2D eigenvalue weighted by Crippen LogP contribution is -2.37. The van der Waals surface area contributed by atoms with E-state index in [9.17, 15) is 0 Å². The van der Waals surface area contributed by atoms with Crippen LogP contribution in [0.2, 0.25) is 0 Å². The van der Waals surface area contributed by atoms with Gasteiger partial charge in [-0.15, -0.1) is 15.2 Å². The molecule has 21 heteroatoms. The van der Waals surface area contributed by atoms with Crippen molar-refractivity contribution in [1.82, 2.24) is 39.2 Å². The molecule has 2 aliphatic rings. The lowest BCUT2D eigenvalue weighted by Gasteiger charge is -2.28. The summed E-state index contributed by atoms with van der Waals surface area (Å²) in [5.74, 6) is 3.48. The van der Waals surface area contributed by atoms with Crippen LogP contribution in [0.25, 0.3) is 38.8 Å². The topological polar surface area (TPSA) is 226 Å². The van der Waals surface area contributed by atoms with Crippen LogP contribution in [0.1, 0.15) is 7.43 Å². The van der Waals surface area contributed by atoms with E-state index in [0.29, 0.717) is 44.0 Å². The van der Waals surface area contributed by atoms with Crippen LogP contribution in [0.15, 0.2) is 144 Å². The van der Waals surface area contributed by atoms with Gasteiger partial charge in [0.1, 0.15) is 16.1 Å². The fraction of sp³-hybridized carbons (Fsp3) is 0.208. The van der Waals surface area contributed by atoms with Crippen LogP contribution in [0.3, 0.4) is 0 Å². The smallest absolute Gasteiger partial charge is 0.286 e. The second-order valence-electron chi connectivity index (χ2n) is 14.7. The molecule has 2 aromatic carbocycles. The molecule has 5 N–H and O–H groups in total. The van der Waals surface area contributed by atoms with Gasteiger partial charge in [0.2, 0.25) is 0 Å². The van der Waals surface area contributed by atoms with E-state index in [1.165, 1.54) is 6.19 Å². The SMILES string of the molecule is C.CSC(=Nc1ccc(-c2nc(N3CCOCC3)c3cccn3n2)cc1)Nc1cccnc1.N#CN.[C-]#[N+]/N=C(\Nc1ccc(-c2nc(N3CCOCC3)c3cccn3n2)cc1)Nc1cccnc1. The highest BCUT2D eigenvalue weighted by molar-refractivity contribution is 8.13. The molecule has 2 fully saturated rings. The van der Waals surface area contributed by atoms with E-state index in [-0.39, 0.29) is 7.43 Å². The molecular weight excluding hydrogens is 893 g/mol. The number of guanidine groups is 1. The molecule has 20 nitrogen and oxygen atoms in total. The van der Waals surface area contributed by atoms with Crippen LogP contribution in [0, 0.1) is 18.0 Å². The van der Waals surface area contributed by atoms with Gasteiger partial charge < -0.3 is 41.0 Å². The fourth-order valence-corrected chi connectivity index (χ4v) is 7.55. The van der Waals surface area contributed by atoms with Crippen molar-refractivity contribution >= 4 is 68.3 Å². The average Bonchev–Trinajstić information content (AvgIpc) is 4.08. The van der Waals surface area contributed by atoms with Crippen LogP contribution in [-0.2, 0) is 9.47 Å². The molecule has 0 amide bonds. The van der Waals surface area contributed by atoms with Gasteiger partial charge in [-0.3, -0.25) is 9.97 Å². The third-order valence-electron chi connectivity index (χ3n) is 10.3. The summed E-state index contributed by atoms with van der Waals surface area (Å²) < 4.78 is 14.8. The van der Waals surface area contributed by atoms with Crippen molar-refractivity contribution in [2.24, 2.45) is 15.8 Å². The molecular formula is C48H50N18O2S. The van der Waals surface area contributed by atoms with Crippen LogP contribution in [0.5, 0.6) is 0 Å². The van der Waals surface area contributed by atoms with Gasteiger partial charge in [0.25, 0.3) is 5.96 Å². The van der Waals surface area contributed by atoms with Crippen LogP contribution < -0.4 is 31.5 Å². The maximum atomic E-state index is 7.10. The van der Waals surface area contributed by atoms with Gasteiger partial charge in [-0.05, 0) is 103 Å². The number of nitriles is 1. The number of fused-ring (bicyclic) bond motifs is 2.